The van der Waals surface area contributed by atoms with Crippen molar-refractivity contribution in [3.63, 3.8) is 0 Å². The van der Waals surface area contributed by atoms with Gasteiger partial charge in [-0.1, -0.05) is 78.9 Å². The van der Waals surface area contributed by atoms with Crippen LogP contribution < -0.4 is 5.32 Å². The monoisotopic (exact) mass is 468 g/mol. The molecule has 2 heterocycles. The standard InChI is InChI=1S/C28H28N4OS/c33-27(24-14-8-3-9-15-24)30-28-29-25(21-34-28)20-31-16-18-32(19-17-31)26(22-10-4-1-5-11-22)23-12-6-2-7-13-23/h1-15,21,26H,16-20H2,(H,29,30,33). The van der Waals surface area contributed by atoms with Crippen LogP contribution in [0.3, 0.4) is 0 Å². The Bertz CT molecular complexity index is 1150. The summed E-state index contributed by atoms with van der Waals surface area (Å²) in [6.07, 6.45) is 0. The van der Waals surface area contributed by atoms with Crippen LogP contribution in [0, 0.1) is 0 Å². The summed E-state index contributed by atoms with van der Waals surface area (Å²) < 4.78 is 0. The van der Waals surface area contributed by atoms with E-state index in [1.165, 1.54) is 22.5 Å². The fourth-order valence-electron chi connectivity index (χ4n) is 4.49. The maximum Gasteiger partial charge on any atom is 0.257 e. The zero-order chi connectivity index (χ0) is 23.2. The number of rotatable bonds is 7. The minimum absolute atomic E-state index is 0.122. The molecule has 1 aliphatic rings. The number of piperazine rings is 1. The number of carbonyl (C=O) groups excluding carboxylic acids is 1. The van der Waals surface area contributed by atoms with E-state index in [2.05, 4.69) is 80.8 Å². The Balaban J connectivity index is 1.20. The third-order valence-electron chi connectivity index (χ3n) is 6.20. The molecule has 1 fully saturated rings. The van der Waals surface area contributed by atoms with Crippen molar-refractivity contribution in [3.05, 3.63) is 119 Å². The van der Waals surface area contributed by atoms with Crippen LogP contribution in [0.25, 0.3) is 0 Å². The van der Waals surface area contributed by atoms with Crippen molar-refractivity contribution < 1.29 is 4.79 Å². The molecule has 4 aromatic rings. The van der Waals surface area contributed by atoms with Gasteiger partial charge in [-0.25, -0.2) is 4.98 Å². The Labute approximate surface area is 204 Å². The van der Waals surface area contributed by atoms with Gasteiger partial charge < -0.3 is 0 Å². The average Bonchev–Trinajstić information content (AvgIpc) is 3.33. The summed E-state index contributed by atoms with van der Waals surface area (Å²) in [6, 6.07) is 31.1. The van der Waals surface area contributed by atoms with Crippen LogP contribution in [0.4, 0.5) is 5.13 Å². The molecular weight excluding hydrogens is 440 g/mol. The van der Waals surface area contributed by atoms with E-state index in [0.29, 0.717) is 10.7 Å². The minimum atomic E-state index is -0.122. The highest BCUT2D eigenvalue weighted by atomic mass is 32.1. The number of carbonyl (C=O) groups is 1. The van der Waals surface area contributed by atoms with E-state index in [-0.39, 0.29) is 11.9 Å². The molecule has 3 aromatic carbocycles. The molecule has 5 rings (SSSR count). The van der Waals surface area contributed by atoms with E-state index in [4.69, 9.17) is 0 Å². The Morgan fingerprint density at radius 3 is 1.97 bits per heavy atom. The van der Waals surface area contributed by atoms with Crippen LogP contribution in [-0.4, -0.2) is 46.9 Å². The lowest BCUT2D eigenvalue weighted by Gasteiger charge is -2.39. The number of aromatic nitrogens is 1. The van der Waals surface area contributed by atoms with Crippen LogP contribution in [0.1, 0.15) is 33.2 Å². The Morgan fingerprint density at radius 2 is 1.38 bits per heavy atom. The second kappa shape index (κ2) is 10.7. The van der Waals surface area contributed by atoms with Gasteiger partial charge in [0, 0.05) is 43.7 Å². The highest BCUT2D eigenvalue weighted by Crippen LogP contribution is 2.29. The molecule has 0 bridgehead atoms. The Morgan fingerprint density at radius 1 is 0.824 bits per heavy atom. The summed E-state index contributed by atoms with van der Waals surface area (Å²) >= 11 is 1.48. The first kappa shape index (κ1) is 22.5. The number of hydrogen-bond donors (Lipinski definition) is 1. The lowest BCUT2D eigenvalue weighted by molar-refractivity contribution is 0.102. The zero-order valence-corrected chi connectivity index (χ0v) is 19.8. The number of nitrogens with one attached hydrogen (secondary N) is 1. The van der Waals surface area contributed by atoms with E-state index in [1.54, 1.807) is 0 Å². The van der Waals surface area contributed by atoms with Crippen molar-refractivity contribution in [1.29, 1.82) is 0 Å². The van der Waals surface area contributed by atoms with Gasteiger partial charge in [-0.3, -0.25) is 19.9 Å². The summed E-state index contributed by atoms with van der Waals surface area (Å²) in [5.41, 5.74) is 4.31. The molecule has 1 aromatic heterocycles. The molecule has 0 spiro atoms. The van der Waals surface area contributed by atoms with Gasteiger partial charge in [0.15, 0.2) is 5.13 Å². The summed E-state index contributed by atoms with van der Waals surface area (Å²) in [7, 11) is 0. The van der Waals surface area contributed by atoms with Gasteiger partial charge in [-0.15, -0.1) is 11.3 Å². The molecule has 0 unspecified atom stereocenters. The van der Waals surface area contributed by atoms with Crippen LogP contribution in [-0.2, 0) is 6.54 Å². The maximum absolute atomic E-state index is 12.4. The van der Waals surface area contributed by atoms with E-state index in [9.17, 15) is 4.79 Å². The predicted molar refractivity (Wildman–Crippen MR) is 138 cm³/mol. The lowest BCUT2D eigenvalue weighted by atomic mass is 9.96. The summed E-state index contributed by atoms with van der Waals surface area (Å²) in [5, 5.41) is 5.61. The largest absolute Gasteiger partial charge is 0.298 e. The lowest BCUT2D eigenvalue weighted by Crippen LogP contribution is -2.47. The zero-order valence-electron chi connectivity index (χ0n) is 19.0. The molecule has 1 saturated heterocycles. The van der Waals surface area contributed by atoms with Crippen molar-refractivity contribution >= 4 is 22.4 Å². The topological polar surface area (TPSA) is 48.5 Å². The summed E-state index contributed by atoms with van der Waals surface area (Å²) in [5.74, 6) is -0.122. The van der Waals surface area contributed by atoms with Crippen molar-refractivity contribution in [2.75, 3.05) is 31.5 Å². The van der Waals surface area contributed by atoms with Crippen LogP contribution >= 0.6 is 11.3 Å². The van der Waals surface area contributed by atoms with Crippen molar-refractivity contribution in [1.82, 2.24) is 14.8 Å². The van der Waals surface area contributed by atoms with E-state index in [0.717, 1.165) is 38.4 Å². The van der Waals surface area contributed by atoms with E-state index < -0.39 is 0 Å². The molecule has 1 aliphatic heterocycles. The van der Waals surface area contributed by atoms with Crippen LogP contribution in [0.5, 0.6) is 0 Å². The highest BCUT2D eigenvalue weighted by molar-refractivity contribution is 7.14. The normalized spacial score (nSPS) is 14.9. The van der Waals surface area contributed by atoms with Gasteiger partial charge in [-0.05, 0) is 23.3 Å². The van der Waals surface area contributed by atoms with Gasteiger partial charge in [0.2, 0.25) is 0 Å². The van der Waals surface area contributed by atoms with Crippen molar-refractivity contribution in [3.8, 4) is 0 Å². The van der Waals surface area contributed by atoms with Crippen LogP contribution in [0.2, 0.25) is 0 Å². The average molecular weight is 469 g/mol. The Hall–Kier alpha value is -3.32. The molecule has 34 heavy (non-hydrogen) atoms. The number of anilines is 1. The number of benzene rings is 3. The number of nitrogens with zero attached hydrogens (tertiary/aromatic N) is 3. The molecule has 0 aliphatic carbocycles. The first-order valence-electron chi connectivity index (χ1n) is 11.6. The number of thiazole rings is 1. The molecule has 1 amide bonds. The minimum Gasteiger partial charge on any atom is -0.298 e. The second-order valence-corrected chi connectivity index (χ2v) is 9.36. The van der Waals surface area contributed by atoms with E-state index >= 15 is 0 Å². The van der Waals surface area contributed by atoms with Crippen molar-refractivity contribution in [2.45, 2.75) is 12.6 Å². The molecular formula is C28H28N4OS. The summed E-state index contributed by atoms with van der Waals surface area (Å²) in [6.45, 7) is 4.76. The molecule has 0 atom stereocenters. The molecule has 0 saturated carbocycles. The molecule has 1 N–H and O–H groups in total. The fourth-order valence-corrected chi connectivity index (χ4v) is 5.19. The SMILES string of the molecule is O=C(Nc1nc(CN2CCN(C(c3ccccc3)c3ccccc3)CC2)cs1)c1ccccc1. The number of hydrogen-bond acceptors (Lipinski definition) is 5. The molecule has 6 heteroatoms. The first-order valence-corrected chi connectivity index (χ1v) is 12.5. The number of amides is 1. The summed E-state index contributed by atoms with van der Waals surface area (Å²) in [4.78, 5) is 22.1. The third kappa shape index (κ3) is 5.42. The first-order chi connectivity index (χ1) is 16.8. The van der Waals surface area contributed by atoms with Gasteiger partial charge in [-0.2, -0.15) is 0 Å². The van der Waals surface area contributed by atoms with Gasteiger partial charge >= 0.3 is 0 Å². The molecule has 5 nitrogen and oxygen atoms in total. The highest BCUT2D eigenvalue weighted by Gasteiger charge is 2.26. The molecule has 0 radical (unpaired) electrons. The van der Waals surface area contributed by atoms with Gasteiger partial charge in [0.05, 0.1) is 11.7 Å². The maximum atomic E-state index is 12.4. The third-order valence-corrected chi connectivity index (χ3v) is 7.00. The quantitative estimate of drug-likeness (QED) is 0.400. The van der Waals surface area contributed by atoms with Gasteiger partial charge in [0.1, 0.15) is 0 Å². The van der Waals surface area contributed by atoms with E-state index in [1.807, 2.05) is 35.7 Å². The van der Waals surface area contributed by atoms with Crippen LogP contribution in [0.15, 0.2) is 96.4 Å². The second-order valence-electron chi connectivity index (χ2n) is 8.50. The smallest absolute Gasteiger partial charge is 0.257 e. The fraction of sp³-hybridized carbons (Fsp3) is 0.214. The van der Waals surface area contributed by atoms with Crippen molar-refractivity contribution in [2.24, 2.45) is 0 Å². The van der Waals surface area contributed by atoms with Gasteiger partial charge in [0.25, 0.3) is 5.91 Å². The Kier molecular flexibility index (Phi) is 7.10. The predicted octanol–water partition coefficient (Wildman–Crippen LogP) is 5.30. The molecule has 172 valence electrons.